The molecule has 6 nitrogen and oxygen atoms in total. The minimum atomic E-state index is -3.62. The standard InChI is InChI=1S/C24H27N3O3S2/c1-26-15-16-27(23(18-26)19-6-3-2-4-7-19)24(28)20-9-11-22(12-10-20)32(29,30)25-14-13-21-8-5-17-31-21/h2-12,17,23,25H,13-16,18H2,1H3/t23-/m0/s1. The lowest BCUT2D eigenvalue weighted by atomic mass is 10.0. The Balaban J connectivity index is 1.46. The van der Waals surface area contributed by atoms with E-state index >= 15 is 0 Å². The molecule has 1 N–H and O–H groups in total. The van der Waals surface area contributed by atoms with Gasteiger partial charge in [0.25, 0.3) is 5.91 Å². The Hall–Kier alpha value is -2.52. The molecule has 32 heavy (non-hydrogen) atoms. The smallest absolute Gasteiger partial charge is 0.254 e. The molecule has 4 rings (SSSR count). The summed E-state index contributed by atoms with van der Waals surface area (Å²) in [5.41, 5.74) is 1.59. The van der Waals surface area contributed by atoms with Gasteiger partial charge in [-0.25, -0.2) is 13.1 Å². The fourth-order valence-electron chi connectivity index (χ4n) is 3.91. The van der Waals surface area contributed by atoms with E-state index < -0.39 is 10.0 Å². The molecule has 0 radical (unpaired) electrons. The number of carbonyl (C=O) groups excluding carboxylic acids is 1. The fraction of sp³-hybridized carbons (Fsp3) is 0.292. The summed E-state index contributed by atoms with van der Waals surface area (Å²) < 4.78 is 27.9. The number of piperazine rings is 1. The molecule has 2 heterocycles. The number of benzene rings is 2. The van der Waals surface area contributed by atoms with Crippen molar-refractivity contribution in [3.63, 3.8) is 0 Å². The molecule has 2 aromatic carbocycles. The molecule has 0 saturated carbocycles. The van der Waals surface area contributed by atoms with Crippen molar-refractivity contribution >= 4 is 27.3 Å². The lowest BCUT2D eigenvalue weighted by Gasteiger charge is -2.40. The number of nitrogens with one attached hydrogen (secondary N) is 1. The Morgan fingerprint density at radius 3 is 2.47 bits per heavy atom. The highest BCUT2D eigenvalue weighted by molar-refractivity contribution is 7.89. The van der Waals surface area contributed by atoms with E-state index in [4.69, 9.17) is 0 Å². The second-order valence-electron chi connectivity index (χ2n) is 7.94. The number of thiophene rings is 1. The predicted octanol–water partition coefficient (Wildman–Crippen LogP) is 3.40. The zero-order chi connectivity index (χ0) is 22.6. The molecule has 1 saturated heterocycles. The van der Waals surface area contributed by atoms with Crippen LogP contribution in [0.1, 0.15) is 26.8 Å². The molecule has 1 aromatic heterocycles. The van der Waals surface area contributed by atoms with Crippen molar-refractivity contribution in [3.05, 3.63) is 88.1 Å². The number of hydrogen-bond acceptors (Lipinski definition) is 5. The van der Waals surface area contributed by atoms with Crippen LogP contribution >= 0.6 is 11.3 Å². The van der Waals surface area contributed by atoms with Crippen molar-refractivity contribution in [1.29, 1.82) is 0 Å². The van der Waals surface area contributed by atoms with Gasteiger partial charge < -0.3 is 9.80 Å². The SMILES string of the molecule is CN1CCN(C(=O)c2ccc(S(=O)(=O)NCCc3cccs3)cc2)[C@H](c2ccccc2)C1. The van der Waals surface area contributed by atoms with Gasteiger partial charge in [0.05, 0.1) is 10.9 Å². The van der Waals surface area contributed by atoms with E-state index in [9.17, 15) is 13.2 Å². The molecule has 168 valence electrons. The first kappa shape index (κ1) is 22.7. The minimum Gasteiger partial charge on any atom is -0.329 e. The van der Waals surface area contributed by atoms with Crippen LogP contribution in [0.5, 0.6) is 0 Å². The summed E-state index contributed by atoms with van der Waals surface area (Å²) in [6.07, 6.45) is 0.651. The van der Waals surface area contributed by atoms with Gasteiger partial charge in [-0.05, 0) is 54.7 Å². The first-order valence-corrected chi connectivity index (χ1v) is 13.0. The molecular weight excluding hydrogens is 442 g/mol. The van der Waals surface area contributed by atoms with Gasteiger partial charge >= 0.3 is 0 Å². The van der Waals surface area contributed by atoms with Crippen molar-refractivity contribution in [2.45, 2.75) is 17.4 Å². The number of carbonyl (C=O) groups is 1. The Bertz CT molecular complexity index is 1130. The fourth-order valence-corrected chi connectivity index (χ4v) is 5.65. The van der Waals surface area contributed by atoms with E-state index in [1.165, 1.54) is 12.1 Å². The van der Waals surface area contributed by atoms with E-state index in [1.54, 1.807) is 23.5 Å². The Morgan fingerprint density at radius 2 is 1.78 bits per heavy atom. The number of amides is 1. The molecule has 1 amide bonds. The molecule has 8 heteroatoms. The first-order chi connectivity index (χ1) is 15.4. The van der Waals surface area contributed by atoms with Gasteiger partial charge in [-0.3, -0.25) is 4.79 Å². The number of rotatable bonds is 7. The zero-order valence-corrected chi connectivity index (χ0v) is 19.6. The van der Waals surface area contributed by atoms with Gasteiger partial charge in [-0.15, -0.1) is 11.3 Å². The minimum absolute atomic E-state index is 0.0372. The molecule has 0 unspecified atom stereocenters. The highest BCUT2D eigenvalue weighted by atomic mass is 32.2. The summed E-state index contributed by atoms with van der Waals surface area (Å²) in [5.74, 6) is -0.0819. The maximum atomic E-state index is 13.3. The van der Waals surface area contributed by atoms with E-state index in [0.29, 0.717) is 25.1 Å². The number of nitrogens with zero attached hydrogens (tertiary/aromatic N) is 2. The molecular formula is C24H27N3O3S2. The summed E-state index contributed by atoms with van der Waals surface area (Å²) in [5, 5.41) is 1.97. The number of sulfonamides is 1. The monoisotopic (exact) mass is 469 g/mol. The van der Waals surface area contributed by atoms with E-state index in [2.05, 4.69) is 16.7 Å². The Labute approximate surface area is 193 Å². The maximum absolute atomic E-state index is 13.3. The highest BCUT2D eigenvalue weighted by Crippen LogP contribution is 2.27. The zero-order valence-electron chi connectivity index (χ0n) is 18.0. The van der Waals surface area contributed by atoms with Gasteiger partial charge in [0.15, 0.2) is 0 Å². The van der Waals surface area contributed by atoms with Crippen molar-refractivity contribution in [2.24, 2.45) is 0 Å². The summed E-state index contributed by atoms with van der Waals surface area (Å²) in [4.78, 5) is 18.7. The normalized spacial score (nSPS) is 17.4. The van der Waals surface area contributed by atoms with Crippen LogP contribution < -0.4 is 4.72 Å². The third-order valence-electron chi connectivity index (χ3n) is 5.68. The van der Waals surface area contributed by atoms with Crippen molar-refractivity contribution in [1.82, 2.24) is 14.5 Å². The van der Waals surface area contributed by atoms with Gasteiger partial charge in [0.1, 0.15) is 0 Å². The molecule has 1 fully saturated rings. The average Bonchev–Trinajstić information content (AvgIpc) is 3.33. The number of likely N-dealkylation sites (N-methyl/N-ethyl adjacent to an activating group) is 1. The number of hydrogen-bond donors (Lipinski definition) is 1. The molecule has 0 aliphatic carbocycles. The maximum Gasteiger partial charge on any atom is 0.254 e. The van der Waals surface area contributed by atoms with Crippen molar-refractivity contribution < 1.29 is 13.2 Å². The van der Waals surface area contributed by atoms with Crippen LogP contribution in [0.25, 0.3) is 0 Å². The van der Waals surface area contributed by atoms with Crippen LogP contribution in [0.4, 0.5) is 0 Å². The van der Waals surface area contributed by atoms with E-state index in [-0.39, 0.29) is 16.8 Å². The van der Waals surface area contributed by atoms with Gasteiger partial charge in [0.2, 0.25) is 10.0 Å². The first-order valence-electron chi connectivity index (χ1n) is 10.6. The molecule has 1 aliphatic heterocycles. The van der Waals surface area contributed by atoms with Gasteiger partial charge in [-0.2, -0.15) is 0 Å². The molecule has 0 bridgehead atoms. The van der Waals surface area contributed by atoms with Crippen LogP contribution in [0.2, 0.25) is 0 Å². The van der Waals surface area contributed by atoms with Crippen LogP contribution in [-0.4, -0.2) is 57.4 Å². The topological polar surface area (TPSA) is 69.7 Å². The summed E-state index contributed by atoms with van der Waals surface area (Å²) in [7, 11) is -1.56. The third kappa shape index (κ3) is 5.27. The summed E-state index contributed by atoms with van der Waals surface area (Å²) >= 11 is 1.61. The highest BCUT2D eigenvalue weighted by Gasteiger charge is 2.31. The molecule has 1 aliphatic rings. The molecule has 3 aromatic rings. The van der Waals surface area contributed by atoms with Gasteiger partial charge in [0, 0.05) is 36.6 Å². The van der Waals surface area contributed by atoms with Crippen LogP contribution in [0.3, 0.4) is 0 Å². The summed E-state index contributed by atoms with van der Waals surface area (Å²) in [6, 6.07) is 20.2. The van der Waals surface area contributed by atoms with E-state index in [0.717, 1.165) is 23.5 Å². The second kappa shape index (κ2) is 9.95. The second-order valence-corrected chi connectivity index (χ2v) is 10.7. The van der Waals surface area contributed by atoms with Crippen LogP contribution in [-0.2, 0) is 16.4 Å². The van der Waals surface area contributed by atoms with Crippen LogP contribution in [0.15, 0.2) is 77.0 Å². The largest absolute Gasteiger partial charge is 0.329 e. The lowest BCUT2D eigenvalue weighted by Crippen LogP contribution is -2.49. The molecule has 0 spiro atoms. The average molecular weight is 470 g/mol. The third-order valence-corrected chi connectivity index (χ3v) is 8.10. The molecule has 1 atom stereocenters. The Kier molecular flexibility index (Phi) is 7.05. The van der Waals surface area contributed by atoms with Crippen molar-refractivity contribution in [2.75, 3.05) is 33.2 Å². The quantitative estimate of drug-likeness (QED) is 0.576. The van der Waals surface area contributed by atoms with Crippen molar-refractivity contribution in [3.8, 4) is 0 Å². The predicted molar refractivity (Wildman–Crippen MR) is 127 cm³/mol. The van der Waals surface area contributed by atoms with E-state index in [1.807, 2.05) is 52.7 Å². The Morgan fingerprint density at radius 1 is 1.03 bits per heavy atom. The van der Waals surface area contributed by atoms with Gasteiger partial charge in [-0.1, -0.05) is 36.4 Å². The summed E-state index contributed by atoms with van der Waals surface area (Å²) in [6.45, 7) is 2.52. The van der Waals surface area contributed by atoms with Crippen LogP contribution in [0, 0.1) is 0 Å². The lowest BCUT2D eigenvalue weighted by molar-refractivity contribution is 0.0498.